The van der Waals surface area contributed by atoms with Gasteiger partial charge in [-0.2, -0.15) is 0 Å². The zero-order valence-corrected chi connectivity index (χ0v) is 13.9. The van der Waals surface area contributed by atoms with Crippen LogP contribution < -0.4 is 5.32 Å². The third-order valence-corrected chi connectivity index (χ3v) is 3.84. The molecule has 1 N–H and O–H groups in total. The quantitative estimate of drug-likeness (QED) is 0.462. The lowest BCUT2D eigenvalue weighted by Crippen LogP contribution is -2.14. The molecule has 0 atom stereocenters. The van der Waals surface area contributed by atoms with Gasteiger partial charge in [-0.05, 0) is 46.4 Å². The predicted molar refractivity (Wildman–Crippen MR) is 90.9 cm³/mol. The Morgan fingerprint density at radius 1 is 1.32 bits per heavy atom. The Morgan fingerprint density at radius 2 is 2.09 bits per heavy atom. The van der Waals surface area contributed by atoms with E-state index >= 15 is 0 Å². The summed E-state index contributed by atoms with van der Waals surface area (Å²) in [4.78, 5) is 22.6. The van der Waals surface area contributed by atoms with E-state index in [-0.39, 0.29) is 17.2 Å². The molecule has 0 spiro atoms. The van der Waals surface area contributed by atoms with Gasteiger partial charge in [-0.3, -0.25) is 14.9 Å². The van der Waals surface area contributed by atoms with Crippen LogP contribution in [0.15, 0.2) is 42.5 Å². The summed E-state index contributed by atoms with van der Waals surface area (Å²) in [5, 5.41) is 13.6. The molecule has 7 heteroatoms. The van der Waals surface area contributed by atoms with Gasteiger partial charge in [0.15, 0.2) is 0 Å². The van der Waals surface area contributed by atoms with Crippen LogP contribution in [-0.4, -0.2) is 17.9 Å². The maximum absolute atomic E-state index is 12.3. The van der Waals surface area contributed by atoms with Gasteiger partial charge in [-0.25, -0.2) is 0 Å². The number of anilines is 1. The molecule has 0 aliphatic heterocycles. The Balaban J connectivity index is 2.23. The molecule has 1 amide bonds. The highest BCUT2D eigenvalue weighted by Gasteiger charge is 2.15. The number of methoxy groups -OCH3 is 1. The number of hydrogen-bond donors (Lipinski definition) is 1. The summed E-state index contributed by atoms with van der Waals surface area (Å²) < 4.78 is 5.69. The first-order valence-corrected chi connectivity index (χ1v) is 7.42. The van der Waals surface area contributed by atoms with Crippen molar-refractivity contribution in [1.82, 2.24) is 0 Å². The van der Waals surface area contributed by atoms with Crippen molar-refractivity contribution in [3.8, 4) is 0 Å². The topological polar surface area (TPSA) is 81.5 Å². The van der Waals surface area contributed by atoms with Gasteiger partial charge in [0.1, 0.15) is 0 Å². The van der Waals surface area contributed by atoms with Crippen molar-refractivity contribution in [3.63, 3.8) is 0 Å². The summed E-state index contributed by atoms with van der Waals surface area (Å²) in [6.45, 7) is 0.443. The van der Waals surface area contributed by atoms with Crippen molar-refractivity contribution in [1.29, 1.82) is 0 Å². The summed E-state index contributed by atoms with van der Waals surface area (Å²) >= 11 is 1.98. The van der Waals surface area contributed by atoms with Crippen LogP contribution in [0.25, 0.3) is 0 Å². The fourth-order valence-electron chi connectivity index (χ4n) is 1.90. The van der Waals surface area contributed by atoms with E-state index in [1.165, 1.54) is 12.1 Å². The maximum Gasteiger partial charge on any atom is 0.270 e. The van der Waals surface area contributed by atoms with Crippen molar-refractivity contribution in [3.05, 3.63) is 67.3 Å². The molecule has 0 saturated carbocycles. The fourth-order valence-corrected chi connectivity index (χ4v) is 2.49. The minimum absolute atomic E-state index is 0.112. The normalized spacial score (nSPS) is 10.3. The molecule has 0 heterocycles. The Kier molecular flexibility index (Phi) is 5.45. The highest BCUT2D eigenvalue weighted by Crippen LogP contribution is 2.21. The lowest BCUT2D eigenvalue weighted by molar-refractivity contribution is -0.384. The molecule has 0 saturated heterocycles. The van der Waals surface area contributed by atoms with Crippen LogP contribution in [0.3, 0.4) is 0 Å². The van der Waals surface area contributed by atoms with Gasteiger partial charge < -0.3 is 10.1 Å². The van der Waals surface area contributed by atoms with Crippen molar-refractivity contribution in [2.24, 2.45) is 0 Å². The lowest BCUT2D eigenvalue weighted by atomic mass is 10.1. The number of ether oxygens (including phenoxy) is 1. The van der Waals surface area contributed by atoms with Crippen LogP contribution in [0.1, 0.15) is 15.9 Å². The fraction of sp³-hybridized carbons (Fsp3) is 0.133. The number of nitrogens with one attached hydrogen (secondary N) is 1. The molecule has 0 fully saturated rings. The highest BCUT2D eigenvalue weighted by molar-refractivity contribution is 14.1. The summed E-state index contributed by atoms with van der Waals surface area (Å²) in [5.41, 5.74) is 1.70. The number of halogens is 1. The van der Waals surface area contributed by atoms with E-state index in [9.17, 15) is 14.9 Å². The first kappa shape index (κ1) is 16.4. The van der Waals surface area contributed by atoms with E-state index < -0.39 is 4.92 Å². The number of benzene rings is 2. The molecule has 0 unspecified atom stereocenters. The molecular formula is C15H13IN2O4. The average molecular weight is 412 g/mol. The SMILES string of the molecule is COCc1cccc(NC(=O)c2cc([N+](=O)[O-])ccc2I)c1. The van der Waals surface area contributed by atoms with Crippen LogP contribution in [0.4, 0.5) is 11.4 Å². The molecule has 0 aromatic heterocycles. The van der Waals surface area contributed by atoms with E-state index in [0.29, 0.717) is 15.9 Å². The Morgan fingerprint density at radius 3 is 2.77 bits per heavy atom. The van der Waals surface area contributed by atoms with Crippen LogP contribution >= 0.6 is 22.6 Å². The zero-order valence-electron chi connectivity index (χ0n) is 11.7. The number of rotatable bonds is 5. The molecule has 22 heavy (non-hydrogen) atoms. The van der Waals surface area contributed by atoms with Gasteiger partial charge in [0, 0.05) is 28.5 Å². The van der Waals surface area contributed by atoms with Gasteiger partial charge in [-0.1, -0.05) is 12.1 Å². The zero-order chi connectivity index (χ0) is 16.1. The summed E-state index contributed by atoms with van der Waals surface area (Å²) in [6, 6.07) is 11.4. The number of hydrogen-bond acceptors (Lipinski definition) is 4. The second-order valence-electron chi connectivity index (χ2n) is 4.51. The number of nitrogens with zero attached hydrogens (tertiary/aromatic N) is 1. The molecule has 2 aromatic carbocycles. The summed E-state index contributed by atoms with van der Waals surface area (Å²) in [5.74, 6) is -0.386. The van der Waals surface area contributed by atoms with Crippen molar-refractivity contribution >= 4 is 39.9 Å². The third kappa shape index (κ3) is 4.01. The lowest BCUT2D eigenvalue weighted by Gasteiger charge is -2.08. The van der Waals surface area contributed by atoms with Gasteiger partial charge in [0.05, 0.1) is 17.1 Å². The number of carbonyl (C=O) groups is 1. The number of carbonyl (C=O) groups excluding carboxylic acids is 1. The molecule has 114 valence electrons. The van der Waals surface area contributed by atoms with E-state index in [2.05, 4.69) is 5.32 Å². The average Bonchev–Trinajstić information content (AvgIpc) is 2.48. The maximum atomic E-state index is 12.3. The first-order valence-electron chi connectivity index (χ1n) is 6.34. The van der Waals surface area contributed by atoms with Crippen LogP contribution in [-0.2, 0) is 11.3 Å². The number of nitro benzene ring substituents is 1. The standard InChI is InChI=1S/C15H13IN2O4/c1-22-9-10-3-2-4-11(7-10)17-15(19)13-8-12(18(20)21)5-6-14(13)16/h2-8H,9H2,1H3,(H,17,19). The van der Waals surface area contributed by atoms with E-state index in [0.717, 1.165) is 5.56 Å². The molecule has 2 rings (SSSR count). The number of amides is 1. The van der Waals surface area contributed by atoms with Crippen LogP contribution in [0.2, 0.25) is 0 Å². The Bertz CT molecular complexity index is 718. The summed E-state index contributed by atoms with van der Waals surface area (Å²) in [6.07, 6.45) is 0. The molecule has 0 radical (unpaired) electrons. The molecule has 0 bridgehead atoms. The number of nitro groups is 1. The monoisotopic (exact) mass is 412 g/mol. The van der Waals surface area contributed by atoms with Gasteiger partial charge in [0.2, 0.25) is 0 Å². The third-order valence-electron chi connectivity index (χ3n) is 2.90. The molecule has 0 aliphatic rings. The molecule has 2 aromatic rings. The smallest absolute Gasteiger partial charge is 0.270 e. The van der Waals surface area contributed by atoms with Crippen molar-refractivity contribution in [2.45, 2.75) is 6.61 Å². The molecular weight excluding hydrogens is 399 g/mol. The molecule has 6 nitrogen and oxygen atoms in total. The minimum Gasteiger partial charge on any atom is -0.380 e. The Hall–Kier alpha value is -2.00. The summed E-state index contributed by atoms with van der Waals surface area (Å²) in [7, 11) is 1.59. The van der Waals surface area contributed by atoms with Gasteiger partial charge in [-0.15, -0.1) is 0 Å². The minimum atomic E-state index is -0.522. The van der Waals surface area contributed by atoms with Crippen molar-refractivity contribution < 1.29 is 14.5 Å². The van der Waals surface area contributed by atoms with E-state index in [4.69, 9.17) is 4.74 Å². The Labute approximate surface area is 140 Å². The molecule has 0 aliphatic carbocycles. The second kappa shape index (κ2) is 7.32. The largest absolute Gasteiger partial charge is 0.380 e. The van der Waals surface area contributed by atoms with Crippen molar-refractivity contribution in [2.75, 3.05) is 12.4 Å². The van der Waals surface area contributed by atoms with E-state index in [1.54, 1.807) is 25.3 Å². The van der Waals surface area contributed by atoms with Crippen LogP contribution in [0.5, 0.6) is 0 Å². The van der Waals surface area contributed by atoms with E-state index in [1.807, 2.05) is 34.7 Å². The van der Waals surface area contributed by atoms with Gasteiger partial charge in [0.25, 0.3) is 11.6 Å². The highest BCUT2D eigenvalue weighted by atomic mass is 127. The number of non-ortho nitro benzene ring substituents is 1. The second-order valence-corrected chi connectivity index (χ2v) is 5.67. The van der Waals surface area contributed by atoms with Crippen LogP contribution in [0, 0.1) is 13.7 Å². The predicted octanol–water partition coefficient (Wildman–Crippen LogP) is 3.60. The van der Waals surface area contributed by atoms with Gasteiger partial charge >= 0.3 is 0 Å². The first-order chi connectivity index (χ1) is 10.5.